The summed E-state index contributed by atoms with van der Waals surface area (Å²) in [6.07, 6.45) is 0.664. The molecule has 1 unspecified atom stereocenters. The highest BCUT2D eigenvalue weighted by Gasteiger charge is 2.38. The lowest BCUT2D eigenvalue weighted by Crippen LogP contribution is -2.41. The maximum absolute atomic E-state index is 12.5. The van der Waals surface area contributed by atoms with Crippen molar-refractivity contribution in [2.24, 2.45) is 0 Å². The van der Waals surface area contributed by atoms with E-state index in [1.54, 1.807) is 19.2 Å². The lowest BCUT2D eigenvalue weighted by molar-refractivity contribution is -0.137. The van der Waals surface area contributed by atoms with Gasteiger partial charge in [0.2, 0.25) is 0 Å². The zero-order chi connectivity index (χ0) is 14.8. The van der Waals surface area contributed by atoms with Crippen LogP contribution >= 0.6 is 15.9 Å². The average Bonchev–Trinajstić information content (AvgIpc) is 2.33. The van der Waals surface area contributed by atoms with Crippen molar-refractivity contribution in [2.75, 3.05) is 7.11 Å². The van der Waals surface area contributed by atoms with E-state index >= 15 is 0 Å². The van der Waals surface area contributed by atoms with Crippen molar-refractivity contribution >= 4 is 15.9 Å². The summed E-state index contributed by atoms with van der Waals surface area (Å²) in [6.45, 7) is 0. The molecule has 20 heavy (non-hydrogen) atoms. The SMILES string of the molecule is COC1(CC(Br)Cc2ccc(C(F)(F)F)cc2)CCC1. The predicted octanol–water partition coefficient (Wildman–Crippen LogP) is 4.97. The predicted molar refractivity (Wildman–Crippen MR) is 76.1 cm³/mol. The molecule has 1 aliphatic carbocycles. The lowest BCUT2D eigenvalue weighted by atomic mass is 9.76. The summed E-state index contributed by atoms with van der Waals surface area (Å²) in [5.41, 5.74) is 0.283. The van der Waals surface area contributed by atoms with Crippen molar-refractivity contribution in [3.05, 3.63) is 35.4 Å². The summed E-state index contributed by atoms with van der Waals surface area (Å²) in [5.74, 6) is 0. The Morgan fingerprint density at radius 3 is 2.25 bits per heavy atom. The molecule has 112 valence electrons. The van der Waals surface area contributed by atoms with Crippen LogP contribution in [0.4, 0.5) is 13.2 Å². The second-order valence-corrected chi connectivity index (χ2v) is 6.74. The second kappa shape index (κ2) is 6.06. The maximum Gasteiger partial charge on any atom is 0.416 e. The fourth-order valence-corrected chi connectivity index (χ4v) is 3.59. The van der Waals surface area contributed by atoms with Gasteiger partial charge in [0.25, 0.3) is 0 Å². The molecule has 1 aromatic rings. The average molecular weight is 351 g/mol. The number of rotatable bonds is 5. The number of methoxy groups -OCH3 is 1. The standard InChI is InChI=1S/C15H18BrF3O/c1-20-14(7-2-8-14)10-13(16)9-11-3-5-12(6-4-11)15(17,18)19/h3-6,13H,2,7-10H2,1H3. The third-order valence-electron chi connectivity index (χ3n) is 4.03. The highest BCUT2D eigenvalue weighted by atomic mass is 79.9. The summed E-state index contributed by atoms with van der Waals surface area (Å²) >= 11 is 3.62. The van der Waals surface area contributed by atoms with E-state index in [1.165, 1.54) is 6.42 Å². The summed E-state index contributed by atoms with van der Waals surface area (Å²) in [5, 5.41) is 0. The van der Waals surface area contributed by atoms with E-state index in [0.717, 1.165) is 37.0 Å². The fraction of sp³-hybridized carbons (Fsp3) is 0.600. The Labute approximate surface area is 125 Å². The van der Waals surface area contributed by atoms with Gasteiger partial charge < -0.3 is 4.74 Å². The molecule has 1 nitrogen and oxygen atoms in total. The van der Waals surface area contributed by atoms with Gasteiger partial charge in [0.15, 0.2) is 0 Å². The van der Waals surface area contributed by atoms with Crippen LogP contribution in [0.3, 0.4) is 0 Å². The second-order valence-electron chi connectivity index (χ2n) is 5.44. The minimum atomic E-state index is -4.27. The molecule has 1 atom stereocenters. The Bertz CT molecular complexity index is 432. The molecule has 1 aliphatic rings. The van der Waals surface area contributed by atoms with E-state index in [9.17, 15) is 13.2 Å². The molecule has 0 heterocycles. The summed E-state index contributed by atoms with van der Waals surface area (Å²) in [6, 6.07) is 5.39. The summed E-state index contributed by atoms with van der Waals surface area (Å²) in [4.78, 5) is 0.222. The zero-order valence-electron chi connectivity index (χ0n) is 11.3. The molecular weight excluding hydrogens is 333 g/mol. The van der Waals surface area contributed by atoms with Crippen molar-refractivity contribution in [3.63, 3.8) is 0 Å². The highest BCUT2D eigenvalue weighted by Crippen LogP contribution is 2.40. The van der Waals surface area contributed by atoms with Crippen LogP contribution in [0.1, 0.15) is 36.8 Å². The minimum absolute atomic E-state index is 0.0277. The molecular formula is C15H18BrF3O. The Morgan fingerprint density at radius 1 is 1.25 bits per heavy atom. The molecule has 0 spiro atoms. The Hall–Kier alpha value is -0.550. The van der Waals surface area contributed by atoms with Gasteiger partial charge in [-0.1, -0.05) is 28.1 Å². The van der Waals surface area contributed by atoms with Gasteiger partial charge in [-0.25, -0.2) is 0 Å². The number of benzene rings is 1. The van der Waals surface area contributed by atoms with E-state index < -0.39 is 11.7 Å². The van der Waals surface area contributed by atoms with E-state index in [-0.39, 0.29) is 10.4 Å². The molecule has 0 aromatic heterocycles. The lowest BCUT2D eigenvalue weighted by Gasteiger charge is -2.42. The van der Waals surface area contributed by atoms with Crippen LogP contribution in [0.15, 0.2) is 24.3 Å². The first-order valence-electron chi connectivity index (χ1n) is 6.70. The third kappa shape index (κ3) is 3.76. The van der Waals surface area contributed by atoms with Crippen LogP contribution in [0.2, 0.25) is 0 Å². The number of alkyl halides is 4. The monoisotopic (exact) mass is 350 g/mol. The molecule has 0 bridgehead atoms. The largest absolute Gasteiger partial charge is 0.416 e. The molecule has 0 aliphatic heterocycles. The molecule has 1 saturated carbocycles. The molecule has 2 rings (SSSR count). The van der Waals surface area contributed by atoms with E-state index in [0.29, 0.717) is 6.42 Å². The maximum atomic E-state index is 12.5. The Morgan fingerprint density at radius 2 is 1.85 bits per heavy atom. The van der Waals surface area contributed by atoms with Crippen LogP contribution in [0, 0.1) is 0 Å². The Balaban J connectivity index is 1.93. The van der Waals surface area contributed by atoms with Crippen molar-refractivity contribution in [1.82, 2.24) is 0 Å². The van der Waals surface area contributed by atoms with Gasteiger partial charge >= 0.3 is 6.18 Å². The van der Waals surface area contributed by atoms with E-state index in [2.05, 4.69) is 15.9 Å². The van der Waals surface area contributed by atoms with Gasteiger partial charge in [-0.05, 0) is 49.8 Å². The van der Waals surface area contributed by atoms with Crippen LogP contribution in [-0.2, 0) is 17.3 Å². The number of hydrogen-bond donors (Lipinski definition) is 0. The zero-order valence-corrected chi connectivity index (χ0v) is 12.9. The van der Waals surface area contributed by atoms with Crippen LogP contribution in [-0.4, -0.2) is 17.5 Å². The van der Waals surface area contributed by atoms with Crippen molar-refractivity contribution < 1.29 is 17.9 Å². The van der Waals surface area contributed by atoms with E-state index in [4.69, 9.17) is 4.74 Å². The Kier molecular flexibility index (Phi) is 4.80. The van der Waals surface area contributed by atoms with Gasteiger partial charge in [0.05, 0.1) is 11.2 Å². The molecule has 1 fully saturated rings. The van der Waals surface area contributed by atoms with Gasteiger partial charge in [0.1, 0.15) is 0 Å². The highest BCUT2D eigenvalue weighted by molar-refractivity contribution is 9.09. The van der Waals surface area contributed by atoms with Crippen molar-refractivity contribution in [2.45, 2.75) is 48.7 Å². The first kappa shape index (κ1) is 15.8. The van der Waals surface area contributed by atoms with Crippen molar-refractivity contribution in [1.29, 1.82) is 0 Å². The van der Waals surface area contributed by atoms with Gasteiger partial charge in [-0.15, -0.1) is 0 Å². The molecule has 0 amide bonds. The molecule has 5 heteroatoms. The topological polar surface area (TPSA) is 9.23 Å². The minimum Gasteiger partial charge on any atom is -0.378 e. The van der Waals surface area contributed by atoms with E-state index in [1.807, 2.05) is 0 Å². The molecule has 0 radical (unpaired) electrons. The molecule has 0 saturated heterocycles. The van der Waals surface area contributed by atoms with Gasteiger partial charge in [0, 0.05) is 11.9 Å². The van der Waals surface area contributed by atoms with Crippen LogP contribution in [0.25, 0.3) is 0 Å². The summed E-state index contributed by atoms with van der Waals surface area (Å²) in [7, 11) is 1.73. The summed E-state index contributed by atoms with van der Waals surface area (Å²) < 4.78 is 43.0. The number of hydrogen-bond acceptors (Lipinski definition) is 1. The van der Waals surface area contributed by atoms with Gasteiger partial charge in [-0.3, -0.25) is 0 Å². The van der Waals surface area contributed by atoms with Crippen LogP contribution in [0.5, 0.6) is 0 Å². The van der Waals surface area contributed by atoms with Gasteiger partial charge in [-0.2, -0.15) is 13.2 Å². The fourth-order valence-electron chi connectivity index (χ4n) is 2.62. The smallest absolute Gasteiger partial charge is 0.378 e. The quantitative estimate of drug-likeness (QED) is 0.681. The number of ether oxygens (including phenoxy) is 1. The number of halogens is 4. The molecule has 1 aromatic carbocycles. The normalized spacial score (nSPS) is 19.4. The first-order chi connectivity index (χ1) is 9.35. The third-order valence-corrected chi connectivity index (χ3v) is 4.68. The van der Waals surface area contributed by atoms with Crippen molar-refractivity contribution in [3.8, 4) is 0 Å². The van der Waals surface area contributed by atoms with Crippen LogP contribution < -0.4 is 0 Å². The molecule has 0 N–H and O–H groups in total. The first-order valence-corrected chi connectivity index (χ1v) is 7.62.